The topological polar surface area (TPSA) is 56.7 Å². The minimum Gasteiger partial charge on any atom is -0.389 e. The highest BCUT2D eigenvalue weighted by Gasteiger charge is 2.17. The summed E-state index contributed by atoms with van der Waals surface area (Å²) in [6, 6.07) is 3.55. The molecule has 0 spiro atoms. The number of anilines is 1. The summed E-state index contributed by atoms with van der Waals surface area (Å²) in [5.41, 5.74) is 0.474. The molecule has 0 aliphatic heterocycles. The first-order valence-electron chi connectivity index (χ1n) is 5.82. The van der Waals surface area contributed by atoms with Crippen LogP contribution in [0, 0.1) is 0 Å². The average molecular weight is 251 g/mol. The number of hydrogen-bond donors (Lipinski definition) is 1. The quantitative estimate of drug-likeness (QED) is 0.867. The molecule has 0 aromatic carbocycles. The lowest BCUT2D eigenvalue weighted by Gasteiger charge is -2.27. The largest absolute Gasteiger partial charge is 0.389 e. The Bertz CT molecular complexity index is 424. The van der Waals surface area contributed by atoms with E-state index in [-0.39, 0.29) is 5.91 Å². The number of amides is 1. The molecular formula is C13H21N3O2. The first-order chi connectivity index (χ1) is 8.20. The van der Waals surface area contributed by atoms with Gasteiger partial charge in [-0.15, -0.1) is 0 Å². The van der Waals surface area contributed by atoms with Crippen molar-refractivity contribution in [2.75, 3.05) is 32.6 Å². The number of nitrogens with zero attached hydrogens (tertiary/aromatic N) is 3. The molecule has 0 bridgehead atoms. The van der Waals surface area contributed by atoms with Crippen molar-refractivity contribution in [2.45, 2.75) is 19.4 Å². The summed E-state index contributed by atoms with van der Waals surface area (Å²) in [5.74, 6) is -0.131. The van der Waals surface area contributed by atoms with Crippen LogP contribution in [0.15, 0.2) is 18.3 Å². The Morgan fingerprint density at radius 3 is 2.50 bits per heavy atom. The second-order valence-corrected chi connectivity index (χ2v) is 5.27. The molecule has 0 fully saturated rings. The maximum absolute atomic E-state index is 11.8. The highest BCUT2D eigenvalue weighted by molar-refractivity contribution is 5.92. The van der Waals surface area contributed by atoms with E-state index < -0.39 is 5.60 Å². The van der Waals surface area contributed by atoms with Crippen LogP contribution in [0.25, 0.3) is 0 Å². The Balaban J connectivity index is 2.92. The van der Waals surface area contributed by atoms with Crippen molar-refractivity contribution in [3.8, 4) is 0 Å². The summed E-state index contributed by atoms with van der Waals surface area (Å²) in [7, 11) is 5.26. The second kappa shape index (κ2) is 5.35. The number of pyridine rings is 1. The van der Waals surface area contributed by atoms with Gasteiger partial charge in [-0.25, -0.2) is 0 Å². The Morgan fingerprint density at radius 2 is 2.00 bits per heavy atom. The Morgan fingerprint density at radius 1 is 1.39 bits per heavy atom. The number of aliphatic hydroxyl groups is 1. The van der Waals surface area contributed by atoms with E-state index in [0.29, 0.717) is 12.2 Å². The molecule has 0 saturated carbocycles. The highest BCUT2D eigenvalue weighted by atomic mass is 16.3. The molecule has 1 N–H and O–H groups in total. The van der Waals surface area contributed by atoms with E-state index in [1.165, 1.54) is 4.90 Å². The maximum atomic E-state index is 11.8. The molecule has 1 amide bonds. The number of carbonyl (C=O) groups is 1. The SMILES string of the molecule is CN(C)C(=O)c1cc(N(C)CC(C)(C)O)ccn1. The summed E-state index contributed by atoms with van der Waals surface area (Å²) in [5, 5.41) is 9.78. The monoisotopic (exact) mass is 251 g/mol. The molecule has 1 aromatic heterocycles. The van der Waals surface area contributed by atoms with E-state index in [9.17, 15) is 9.90 Å². The van der Waals surface area contributed by atoms with Gasteiger partial charge in [0.05, 0.1) is 5.60 Å². The molecular weight excluding hydrogens is 230 g/mol. The van der Waals surface area contributed by atoms with Gasteiger partial charge in [0.1, 0.15) is 5.69 Å². The minimum absolute atomic E-state index is 0.131. The second-order valence-electron chi connectivity index (χ2n) is 5.27. The van der Waals surface area contributed by atoms with Gasteiger partial charge in [-0.05, 0) is 26.0 Å². The first-order valence-corrected chi connectivity index (χ1v) is 5.82. The third-order valence-electron chi connectivity index (χ3n) is 2.43. The number of rotatable bonds is 4. The molecule has 0 aliphatic rings. The third-order valence-corrected chi connectivity index (χ3v) is 2.43. The molecule has 5 heteroatoms. The van der Waals surface area contributed by atoms with E-state index >= 15 is 0 Å². The van der Waals surface area contributed by atoms with Crippen LogP contribution in [-0.4, -0.2) is 54.2 Å². The van der Waals surface area contributed by atoms with Gasteiger partial charge in [0.25, 0.3) is 5.91 Å². The van der Waals surface area contributed by atoms with E-state index in [1.54, 1.807) is 40.2 Å². The van der Waals surface area contributed by atoms with Crippen LogP contribution in [0.5, 0.6) is 0 Å². The van der Waals surface area contributed by atoms with E-state index in [4.69, 9.17) is 0 Å². The molecule has 0 aliphatic carbocycles. The van der Waals surface area contributed by atoms with Crippen molar-refractivity contribution in [3.63, 3.8) is 0 Å². The fourth-order valence-electron chi connectivity index (χ4n) is 1.67. The zero-order chi connectivity index (χ0) is 13.9. The molecule has 5 nitrogen and oxygen atoms in total. The molecule has 1 aromatic rings. The van der Waals surface area contributed by atoms with Gasteiger partial charge in [-0.2, -0.15) is 0 Å². The van der Waals surface area contributed by atoms with E-state index in [0.717, 1.165) is 5.69 Å². The van der Waals surface area contributed by atoms with Crippen molar-refractivity contribution >= 4 is 11.6 Å². The fourth-order valence-corrected chi connectivity index (χ4v) is 1.67. The summed E-state index contributed by atoms with van der Waals surface area (Å²) >= 11 is 0. The van der Waals surface area contributed by atoms with Crippen LogP contribution < -0.4 is 4.90 Å². The minimum atomic E-state index is -0.788. The maximum Gasteiger partial charge on any atom is 0.272 e. The Hall–Kier alpha value is -1.62. The number of hydrogen-bond acceptors (Lipinski definition) is 4. The summed E-state index contributed by atoms with van der Waals surface area (Å²) in [4.78, 5) is 19.2. The zero-order valence-electron chi connectivity index (χ0n) is 11.6. The Kier molecular flexibility index (Phi) is 4.29. The molecule has 0 unspecified atom stereocenters. The average Bonchev–Trinajstić information content (AvgIpc) is 2.25. The van der Waals surface area contributed by atoms with Crippen molar-refractivity contribution in [3.05, 3.63) is 24.0 Å². The predicted octanol–water partition coefficient (Wildman–Crippen LogP) is 0.990. The number of likely N-dealkylation sites (N-methyl/N-ethyl adjacent to an activating group) is 1. The van der Waals surface area contributed by atoms with Crippen LogP contribution in [-0.2, 0) is 0 Å². The van der Waals surface area contributed by atoms with Gasteiger partial charge in [-0.3, -0.25) is 9.78 Å². The van der Waals surface area contributed by atoms with Crippen LogP contribution in [0.3, 0.4) is 0 Å². The lowest BCUT2D eigenvalue weighted by atomic mass is 10.1. The van der Waals surface area contributed by atoms with Gasteiger partial charge in [0.15, 0.2) is 0 Å². The van der Waals surface area contributed by atoms with Gasteiger partial charge in [0.2, 0.25) is 0 Å². The molecule has 1 heterocycles. The van der Waals surface area contributed by atoms with Crippen molar-refractivity contribution in [1.82, 2.24) is 9.88 Å². The predicted molar refractivity (Wildman–Crippen MR) is 71.8 cm³/mol. The molecule has 100 valence electrons. The van der Waals surface area contributed by atoms with Crippen LogP contribution in [0.1, 0.15) is 24.3 Å². The number of carbonyl (C=O) groups excluding carboxylic acids is 1. The molecule has 0 atom stereocenters. The third kappa shape index (κ3) is 4.00. The van der Waals surface area contributed by atoms with Crippen molar-refractivity contribution in [2.24, 2.45) is 0 Å². The highest BCUT2D eigenvalue weighted by Crippen LogP contribution is 2.16. The summed E-state index contributed by atoms with van der Waals surface area (Å²) < 4.78 is 0. The first kappa shape index (κ1) is 14.4. The number of aromatic nitrogens is 1. The normalized spacial score (nSPS) is 11.2. The summed E-state index contributed by atoms with van der Waals surface area (Å²) in [6.45, 7) is 3.97. The fraction of sp³-hybridized carbons (Fsp3) is 0.538. The van der Waals surface area contributed by atoms with Gasteiger partial charge >= 0.3 is 0 Å². The van der Waals surface area contributed by atoms with Crippen molar-refractivity contribution in [1.29, 1.82) is 0 Å². The molecule has 1 rings (SSSR count). The van der Waals surface area contributed by atoms with E-state index in [1.807, 2.05) is 18.0 Å². The summed E-state index contributed by atoms with van der Waals surface area (Å²) in [6.07, 6.45) is 1.60. The molecule has 0 radical (unpaired) electrons. The molecule has 0 saturated heterocycles. The Labute approximate surface area is 108 Å². The smallest absolute Gasteiger partial charge is 0.272 e. The standard InChI is InChI=1S/C13H21N3O2/c1-13(2,18)9-16(5)10-6-7-14-11(8-10)12(17)15(3)4/h6-8,18H,9H2,1-5H3. The van der Waals surface area contributed by atoms with Gasteiger partial charge in [-0.1, -0.05) is 0 Å². The van der Waals surface area contributed by atoms with E-state index in [2.05, 4.69) is 4.98 Å². The van der Waals surface area contributed by atoms with Gasteiger partial charge < -0.3 is 14.9 Å². The zero-order valence-corrected chi connectivity index (χ0v) is 11.6. The lowest BCUT2D eigenvalue weighted by Crippen LogP contribution is -2.36. The van der Waals surface area contributed by atoms with Crippen LogP contribution in [0.4, 0.5) is 5.69 Å². The van der Waals surface area contributed by atoms with Gasteiger partial charge in [0, 0.05) is 39.6 Å². The molecule has 18 heavy (non-hydrogen) atoms. The van der Waals surface area contributed by atoms with Crippen molar-refractivity contribution < 1.29 is 9.90 Å². The lowest BCUT2D eigenvalue weighted by molar-refractivity contribution is 0.0822. The van der Waals surface area contributed by atoms with Crippen LogP contribution >= 0.6 is 0 Å². The van der Waals surface area contributed by atoms with Crippen LogP contribution in [0.2, 0.25) is 0 Å².